The summed E-state index contributed by atoms with van der Waals surface area (Å²) in [6.45, 7) is 0. The Morgan fingerprint density at radius 1 is 0.550 bits per heavy atom. The molecule has 3 aromatic rings. The zero-order chi connectivity index (χ0) is 13.9. The fraction of sp³-hybridized carbons (Fsp3) is 0. The number of aromatic hydroxyl groups is 2. The molecule has 0 heterocycles. The van der Waals surface area contributed by atoms with Crippen LogP contribution in [0.3, 0.4) is 0 Å². The van der Waals surface area contributed by atoms with Gasteiger partial charge in [0, 0.05) is 5.56 Å². The molecule has 0 unspecified atom stereocenters. The normalized spacial score (nSPS) is 10.4. The van der Waals surface area contributed by atoms with E-state index in [0.717, 1.165) is 22.3 Å². The Morgan fingerprint density at radius 3 is 1.90 bits per heavy atom. The van der Waals surface area contributed by atoms with Crippen LogP contribution in [0.2, 0.25) is 0 Å². The quantitative estimate of drug-likeness (QED) is 0.717. The van der Waals surface area contributed by atoms with Crippen molar-refractivity contribution in [1.29, 1.82) is 0 Å². The monoisotopic (exact) mass is 262 g/mol. The lowest BCUT2D eigenvalue weighted by Crippen LogP contribution is -1.82. The van der Waals surface area contributed by atoms with E-state index in [1.165, 1.54) is 0 Å². The van der Waals surface area contributed by atoms with Crippen molar-refractivity contribution >= 4 is 0 Å². The molecule has 0 aromatic heterocycles. The van der Waals surface area contributed by atoms with Gasteiger partial charge in [-0.2, -0.15) is 0 Å². The number of hydrogen-bond donors (Lipinski definition) is 2. The number of phenols is 2. The molecule has 98 valence electrons. The molecule has 0 saturated carbocycles. The van der Waals surface area contributed by atoms with Gasteiger partial charge in [-0.15, -0.1) is 0 Å². The molecule has 3 aromatic carbocycles. The third-order valence-corrected chi connectivity index (χ3v) is 3.28. The lowest BCUT2D eigenvalue weighted by molar-refractivity contribution is 0.475. The van der Waals surface area contributed by atoms with Crippen molar-refractivity contribution in [2.75, 3.05) is 0 Å². The summed E-state index contributed by atoms with van der Waals surface area (Å²) in [5.41, 5.74) is 3.78. The van der Waals surface area contributed by atoms with Crippen LogP contribution in [-0.4, -0.2) is 10.2 Å². The first kappa shape index (κ1) is 12.3. The van der Waals surface area contributed by atoms with E-state index in [-0.39, 0.29) is 11.5 Å². The van der Waals surface area contributed by atoms with E-state index >= 15 is 0 Å². The van der Waals surface area contributed by atoms with Crippen LogP contribution in [-0.2, 0) is 0 Å². The fourth-order valence-corrected chi connectivity index (χ4v) is 2.22. The highest BCUT2D eigenvalue weighted by molar-refractivity contribution is 5.77. The van der Waals surface area contributed by atoms with E-state index in [9.17, 15) is 10.2 Å². The standard InChI is InChI=1S/C18H14O2/c19-16-9-6-13(7-10-16)15-8-11-18(20)17(12-15)14-4-2-1-3-5-14/h1-12,19-20H. The second-order valence-electron chi connectivity index (χ2n) is 4.64. The SMILES string of the molecule is Oc1ccc(-c2ccc(O)c(-c3ccccc3)c2)cc1. The summed E-state index contributed by atoms with van der Waals surface area (Å²) in [4.78, 5) is 0. The van der Waals surface area contributed by atoms with Gasteiger partial charge in [0.25, 0.3) is 0 Å². The maximum absolute atomic E-state index is 10.0. The van der Waals surface area contributed by atoms with Crippen LogP contribution in [0.25, 0.3) is 22.3 Å². The zero-order valence-corrected chi connectivity index (χ0v) is 10.8. The first-order valence-corrected chi connectivity index (χ1v) is 6.42. The van der Waals surface area contributed by atoms with Crippen molar-refractivity contribution in [3.05, 3.63) is 72.8 Å². The summed E-state index contributed by atoms with van der Waals surface area (Å²) >= 11 is 0. The van der Waals surface area contributed by atoms with Crippen LogP contribution in [0.1, 0.15) is 0 Å². The van der Waals surface area contributed by atoms with E-state index < -0.39 is 0 Å². The molecular weight excluding hydrogens is 248 g/mol. The molecule has 0 amide bonds. The number of rotatable bonds is 2. The summed E-state index contributed by atoms with van der Waals surface area (Å²) in [5.74, 6) is 0.509. The third-order valence-electron chi connectivity index (χ3n) is 3.28. The third kappa shape index (κ3) is 2.36. The molecule has 0 aliphatic heterocycles. The smallest absolute Gasteiger partial charge is 0.123 e. The first-order valence-electron chi connectivity index (χ1n) is 6.42. The van der Waals surface area contributed by atoms with Gasteiger partial charge in [0.05, 0.1) is 0 Å². The van der Waals surface area contributed by atoms with Gasteiger partial charge < -0.3 is 10.2 Å². The maximum atomic E-state index is 10.0. The Hall–Kier alpha value is -2.74. The van der Waals surface area contributed by atoms with Crippen molar-refractivity contribution in [3.8, 4) is 33.8 Å². The topological polar surface area (TPSA) is 40.5 Å². The second kappa shape index (κ2) is 5.10. The Balaban J connectivity index is 2.09. The van der Waals surface area contributed by atoms with Crippen molar-refractivity contribution in [1.82, 2.24) is 0 Å². The van der Waals surface area contributed by atoms with Crippen LogP contribution in [0.15, 0.2) is 72.8 Å². The zero-order valence-electron chi connectivity index (χ0n) is 10.8. The minimum Gasteiger partial charge on any atom is -0.508 e. The van der Waals surface area contributed by atoms with Gasteiger partial charge in [0.2, 0.25) is 0 Å². The molecule has 3 rings (SSSR count). The van der Waals surface area contributed by atoms with Gasteiger partial charge in [-0.05, 0) is 41.0 Å². The van der Waals surface area contributed by atoms with E-state index in [1.54, 1.807) is 18.2 Å². The highest BCUT2D eigenvalue weighted by Gasteiger charge is 2.06. The molecule has 2 nitrogen and oxygen atoms in total. The van der Waals surface area contributed by atoms with Gasteiger partial charge in [0.1, 0.15) is 11.5 Å². The Morgan fingerprint density at radius 2 is 1.20 bits per heavy atom. The summed E-state index contributed by atoms with van der Waals surface area (Å²) in [6.07, 6.45) is 0. The van der Waals surface area contributed by atoms with Crippen LogP contribution < -0.4 is 0 Å². The molecule has 0 saturated heterocycles. The molecule has 20 heavy (non-hydrogen) atoms. The largest absolute Gasteiger partial charge is 0.508 e. The molecule has 2 heteroatoms. The molecule has 0 aliphatic rings. The molecule has 0 radical (unpaired) electrons. The minimum absolute atomic E-state index is 0.246. The van der Waals surface area contributed by atoms with E-state index in [1.807, 2.05) is 54.6 Å². The molecular formula is C18H14O2. The maximum Gasteiger partial charge on any atom is 0.123 e. The average Bonchev–Trinajstić information content (AvgIpc) is 2.50. The van der Waals surface area contributed by atoms with Crippen molar-refractivity contribution in [2.45, 2.75) is 0 Å². The van der Waals surface area contributed by atoms with Gasteiger partial charge in [-0.1, -0.05) is 48.5 Å². The van der Waals surface area contributed by atoms with E-state index in [0.29, 0.717) is 0 Å². The highest BCUT2D eigenvalue weighted by atomic mass is 16.3. The molecule has 0 aliphatic carbocycles. The summed E-state index contributed by atoms with van der Waals surface area (Å²) in [6, 6.07) is 22.3. The van der Waals surface area contributed by atoms with Gasteiger partial charge >= 0.3 is 0 Å². The lowest BCUT2D eigenvalue weighted by Gasteiger charge is -2.08. The Bertz CT molecular complexity index is 716. The predicted octanol–water partition coefficient (Wildman–Crippen LogP) is 4.43. The number of hydrogen-bond acceptors (Lipinski definition) is 2. The fourth-order valence-electron chi connectivity index (χ4n) is 2.22. The summed E-state index contributed by atoms with van der Waals surface area (Å²) in [7, 11) is 0. The van der Waals surface area contributed by atoms with E-state index in [2.05, 4.69) is 0 Å². The second-order valence-corrected chi connectivity index (χ2v) is 4.64. The predicted molar refractivity (Wildman–Crippen MR) is 80.6 cm³/mol. The number of phenolic OH excluding ortho intramolecular Hbond substituents is 2. The Kier molecular flexibility index (Phi) is 3.13. The summed E-state index contributed by atoms with van der Waals surface area (Å²) < 4.78 is 0. The molecule has 2 N–H and O–H groups in total. The van der Waals surface area contributed by atoms with E-state index in [4.69, 9.17) is 0 Å². The Labute approximate surface area is 117 Å². The molecule has 0 spiro atoms. The summed E-state index contributed by atoms with van der Waals surface area (Å²) in [5, 5.41) is 19.4. The first-order chi connectivity index (χ1) is 9.74. The minimum atomic E-state index is 0.246. The van der Waals surface area contributed by atoms with Crippen molar-refractivity contribution < 1.29 is 10.2 Å². The lowest BCUT2D eigenvalue weighted by atomic mass is 9.98. The molecule has 0 fully saturated rings. The van der Waals surface area contributed by atoms with Gasteiger partial charge in [-0.3, -0.25) is 0 Å². The van der Waals surface area contributed by atoms with Gasteiger partial charge in [-0.25, -0.2) is 0 Å². The highest BCUT2D eigenvalue weighted by Crippen LogP contribution is 2.33. The molecule has 0 atom stereocenters. The van der Waals surface area contributed by atoms with Crippen molar-refractivity contribution in [2.24, 2.45) is 0 Å². The number of benzene rings is 3. The van der Waals surface area contributed by atoms with Crippen LogP contribution in [0.4, 0.5) is 0 Å². The van der Waals surface area contributed by atoms with Gasteiger partial charge in [0.15, 0.2) is 0 Å². The van der Waals surface area contributed by atoms with Crippen LogP contribution in [0.5, 0.6) is 11.5 Å². The average molecular weight is 262 g/mol. The van der Waals surface area contributed by atoms with Crippen LogP contribution in [0, 0.1) is 0 Å². The molecule has 0 bridgehead atoms. The van der Waals surface area contributed by atoms with Crippen LogP contribution >= 0.6 is 0 Å². The van der Waals surface area contributed by atoms with Crippen molar-refractivity contribution in [3.63, 3.8) is 0 Å².